The van der Waals surface area contributed by atoms with E-state index < -0.39 is 0 Å². The van der Waals surface area contributed by atoms with Crippen LogP contribution in [-0.2, 0) is 9.53 Å². The van der Waals surface area contributed by atoms with Crippen molar-refractivity contribution in [3.8, 4) is 0 Å². The van der Waals surface area contributed by atoms with Crippen molar-refractivity contribution in [2.75, 3.05) is 20.2 Å². The van der Waals surface area contributed by atoms with Gasteiger partial charge in [0.15, 0.2) is 0 Å². The lowest BCUT2D eigenvalue weighted by atomic mass is 10.0. The van der Waals surface area contributed by atoms with Crippen molar-refractivity contribution in [3.05, 3.63) is 34.7 Å². The van der Waals surface area contributed by atoms with Crippen LogP contribution in [0.2, 0.25) is 0 Å². The highest BCUT2D eigenvalue weighted by atomic mass is 16.5. The maximum absolute atomic E-state index is 11.6. The van der Waals surface area contributed by atoms with Gasteiger partial charge in [0, 0.05) is 29.4 Å². The Bertz CT molecular complexity index is 582. The molecule has 1 atom stereocenters. The minimum Gasteiger partial charge on any atom is -0.469 e. The molecule has 0 bridgehead atoms. The Hall–Kier alpha value is -1.97. The lowest BCUT2D eigenvalue weighted by Gasteiger charge is -2.41. The van der Waals surface area contributed by atoms with Gasteiger partial charge in [-0.05, 0) is 6.42 Å². The van der Waals surface area contributed by atoms with Gasteiger partial charge in [-0.25, -0.2) is 0 Å². The molecule has 4 nitrogen and oxygen atoms in total. The summed E-state index contributed by atoms with van der Waals surface area (Å²) in [6.45, 7) is 1.54. The summed E-state index contributed by atoms with van der Waals surface area (Å²) in [5.41, 5.74) is 0. The molecule has 3 rings (SSSR count). The number of hydrogen-bond donors (Lipinski definition) is 0. The number of hydrogen-bond acceptors (Lipinski definition) is 4. The molecular formula is C14H16N2O2. The molecule has 0 saturated carbocycles. The molecule has 0 N–H and O–H groups in total. The molecule has 0 amide bonds. The summed E-state index contributed by atoms with van der Waals surface area (Å²) < 4.78 is 4.83. The van der Waals surface area contributed by atoms with Crippen molar-refractivity contribution in [2.45, 2.75) is 6.42 Å². The molecule has 18 heavy (non-hydrogen) atoms. The number of ether oxygens (including phenoxy) is 1. The van der Waals surface area contributed by atoms with Gasteiger partial charge in [0.05, 0.1) is 19.6 Å². The zero-order valence-electron chi connectivity index (χ0n) is 10.4. The average Bonchev–Trinajstić information content (AvgIpc) is 2.43. The highest BCUT2D eigenvalue weighted by Crippen LogP contribution is 2.19. The molecule has 1 aromatic rings. The molecular weight excluding hydrogens is 228 g/mol. The van der Waals surface area contributed by atoms with Crippen molar-refractivity contribution in [1.29, 1.82) is 0 Å². The van der Waals surface area contributed by atoms with E-state index in [2.05, 4.69) is 34.6 Å². The first-order valence-electron chi connectivity index (χ1n) is 6.18. The molecule has 1 fully saturated rings. The molecule has 2 heterocycles. The van der Waals surface area contributed by atoms with E-state index in [1.54, 1.807) is 0 Å². The van der Waals surface area contributed by atoms with Crippen LogP contribution in [-0.4, -0.2) is 36.2 Å². The fraction of sp³-hybridized carbons (Fsp3) is 0.357. The van der Waals surface area contributed by atoms with E-state index in [0.29, 0.717) is 6.54 Å². The second kappa shape index (κ2) is 4.37. The first-order valence-corrected chi connectivity index (χ1v) is 6.18. The molecule has 2 aliphatic heterocycles. The monoisotopic (exact) mass is 244 g/mol. The van der Waals surface area contributed by atoms with E-state index in [9.17, 15) is 4.79 Å². The second-order valence-corrected chi connectivity index (χ2v) is 4.68. The first kappa shape index (κ1) is 11.1. The predicted molar refractivity (Wildman–Crippen MR) is 68.2 cm³/mol. The van der Waals surface area contributed by atoms with E-state index in [1.165, 1.54) is 17.5 Å². The van der Waals surface area contributed by atoms with Gasteiger partial charge in [-0.2, -0.15) is 0 Å². The summed E-state index contributed by atoms with van der Waals surface area (Å²) >= 11 is 0. The highest BCUT2D eigenvalue weighted by Gasteiger charge is 2.29. The van der Waals surface area contributed by atoms with E-state index in [0.717, 1.165) is 13.0 Å². The fourth-order valence-corrected chi connectivity index (χ4v) is 2.53. The van der Waals surface area contributed by atoms with Gasteiger partial charge in [0.1, 0.15) is 0 Å². The number of benzene rings is 1. The van der Waals surface area contributed by atoms with Crippen LogP contribution in [0.25, 0.3) is 12.4 Å². The Morgan fingerprint density at radius 2 is 1.89 bits per heavy atom. The summed E-state index contributed by atoms with van der Waals surface area (Å²) in [6.07, 6.45) is 5.09. The summed E-state index contributed by atoms with van der Waals surface area (Å²) in [6, 6.07) is 8.26. The highest BCUT2D eigenvalue weighted by molar-refractivity contribution is 5.72. The van der Waals surface area contributed by atoms with Crippen LogP contribution in [0, 0.1) is 5.92 Å². The lowest BCUT2D eigenvalue weighted by Crippen LogP contribution is -2.51. The van der Waals surface area contributed by atoms with Gasteiger partial charge >= 0.3 is 5.97 Å². The van der Waals surface area contributed by atoms with Crippen LogP contribution in [0.5, 0.6) is 0 Å². The third-order valence-corrected chi connectivity index (χ3v) is 3.55. The standard InChI is InChI=1S/C14H16N2O2/c1-18-14(17)13-6-7-15-8-11-4-2-3-5-12(11)9-16(15)10-13/h2-5,8-9,13H,6-7,10H2,1H3. The van der Waals surface area contributed by atoms with Crippen molar-refractivity contribution < 1.29 is 9.53 Å². The van der Waals surface area contributed by atoms with Gasteiger partial charge in [-0.3, -0.25) is 14.8 Å². The first-order chi connectivity index (χ1) is 8.78. The van der Waals surface area contributed by atoms with Gasteiger partial charge < -0.3 is 4.74 Å². The number of carbonyl (C=O) groups excluding carboxylic acids is 1. The smallest absolute Gasteiger partial charge is 0.310 e. The van der Waals surface area contributed by atoms with Crippen LogP contribution in [0.15, 0.2) is 24.3 Å². The zero-order valence-corrected chi connectivity index (χ0v) is 10.4. The van der Waals surface area contributed by atoms with Gasteiger partial charge in [-0.1, -0.05) is 24.3 Å². The normalized spacial score (nSPS) is 21.3. The Balaban J connectivity index is 1.90. The second-order valence-electron chi connectivity index (χ2n) is 4.68. The molecule has 0 spiro atoms. The number of methoxy groups -OCH3 is 1. The molecule has 2 aliphatic rings. The van der Waals surface area contributed by atoms with Crippen LogP contribution in [0.3, 0.4) is 0 Å². The Morgan fingerprint density at radius 3 is 2.56 bits per heavy atom. The molecule has 1 aromatic carbocycles. The number of fused-ring (bicyclic) bond motifs is 2. The van der Waals surface area contributed by atoms with Crippen LogP contribution < -0.4 is 10.4 Å². The number of nitrogens with zero attached hydrogens (tertiary/aromatic N) is 2. The van der Waals surface area contributed by atoms with Crippen molar-refractivity contribution in [3.63, 3.8) is 0 Å². The summed E-state index contributed by atoms with van der Waals surface area (Å²) in [5.74, 6) is -0.136. The Kier molecular flexibility index (Phi) is 2.70. The van der Waals surface area contributed by atoms with E-state index >= 15 is 0 Å². The summed E-state index contributed by atoms with van der Waals surface area (Å²) in [4.78, 5) is 11.6. The van der Waals surface area contributed by atoms with Crippen LogP contribution >= 0.6 is 0 Å². The Labute approximate surface area is 106 Å². The number of hydrazine groups is 1. The van der Waals surface area contributed by atoms with Crippen LogP contribution in [0.4, 0.5) is 0 Å². The third kappa shape index (κ3) is 1.83. The van der Waals surface area contributed by atoms with Crippen molar-refractivity contribution >= 4 is 18.4 Å². The quantitative estimate of drug-likeness (QED) is 0.645. The summed E-state index contributed by atoms with van der Waals surface area (Å²) in [7, 11) is 1.45. The largest absolute Gasteiger partial charge is 0.469 e. The zero-order chi connectivity index (χ0) is 12.5. The van der Waals surface area contributed by atoms with Crippen LogP contribution in [0.1, 0.15) is 6.42 Å². The maximum atomic E-state index is 11.6. The molecule has 4 heteroatoms. The number of rotatable bonds is 1. The molecule has 0 aliphatic carbocycles. The molecule has 0 radical (unpaired) electrons. The number of carbonyl (C=O) groups is 1. The topological polar surface area (TPSA) is 32.8 Å². The average molecular weight is 244 g/mol. The van der Waals surface area contributed by atoms with E-state index in [-0.39, 0.29) is 11.9 Å². The van der Waals surface area contributed by atoms with Crippen molar-refractivity contribution in [2.24, 2.45) is 5.92 Å². The van der Waals surface area contributed by atoms with Gasteiger partial charge in [0.25, 0.3) is 0 Å². The van der Waals surface area contributed by atoms with E-state index in [4.69, 9.17) is 4.74 Å². The van der Waals surface area contributed by atoms with Gasteiger partial charge in [0.2, 0.25) is 0 Å². The lowest BCUT2D eigenvalue weighted by molar-refractivity contribution is -0.149. The van der Waals surface area contributed by atoms with Gasteiger partial charge in [-0.15, -0.1) is 0 Å². The minimum atomic E-state index is -0.109. The van der Waals surface area contributed by atoms with E-state index in [1.807, 2.05) is 12.1 Å². The molecule has 94 valence electrons. The Morgan fingerprint density at radius 1 is 1.22 bits per heavy atom. The minimum absolute atomic E-state index is 0.0267. The molecule has 1 saturated heterocycles. The SMILES string of the molecule is COC(=O)C1CCN2C=c3ccccc3=CN2C1. The fourth-order valence-electron chi connectivity index (χ4n) is 2.53. The molecule has 0 aromatic heterocycles. The molecule has 1 unspecified atom stereocenters. The summed E-state index contributed by atoms with van der Waals surface area (Å²) in [5, 5.41) is 6.69. The maximum Gasteiger partial charge on any atom is 0.310 e. The third-order valence-electron chi connectivity index (χ3n) is 3.55. The number of esters is 1. The van der Waals surface area contributed by atoms with Crippen molar-refractivity contribution in [1.82, 2.24) is 10.0 Å². The predicted octanol–water partition coefficient (Wildman–Crippen LogP) is -0.112.